The van der Waals surface area contributed by atoms with Crippen LogP contribution >= 0.6 is 0 Å². The van der Waals surface area contributed by atoms with Crippen LogP contribution in [0.3, 0.4) is 0 Å². The van der Waals surface area contributed by atoms with Gasteiger partial charge >= 0.3 is 0 Å². The molecule has 0 aliphatic carbocycles. The van der Waals surface area contributed by atoms with E-state index in [1.807, 2.05) is 0 Å². The molecular weight excluding hydrogens is 262 g/mol. The van der Waals surface area contributed by atoms with Gasteiger partial charge in [0.2, 0.25) is 0 Å². The van der Waals surface area contributed by atoms with Crippen LogP contribution in [0.5, 0.6) is 0 Å². The quantitative estimate of drug-likeness (QED) is 0.647. The van der Waals surface area contributed by atoms with E-state index in [4.69, 9.17) is 0 Å². The summed E-state index contributed by atoms with van der Waals surface area (Å²) in [5, 5.41) is 16.3. The van der Waals surface area contributed by atoms with Gasteiger partial charge in [-0.2, -0.15) is 0 Å². The second kappa shape index (κ2) is 5.74. The van der Waals surface area contributed by atoms with Crippen LogP contribution < -0.4 is 10.6 Å². The normalized spacial score (nSPS) is 9.85. The fraction of sp³-hybridized carbons (Fsp3) is 0.0833. The number of carbonyl (C=O) groups excluding carboxylic acids is 1. The Balaban J connectivity index is 2.35. The molecule has 1 heterocycles. The second-order valence-electron chi connectivity index (χ2n) is 3.82. The fourth-order valence-electron chi connectivity index (χ4n) is 1.59. The van der Waals surface area contributed by atoms with E-state index in [0.29, 0.717) is 11.4 Å². The molecule has 0 bridgehead atoms. The molecule has 20 heavy (non-hydrogen) atoms. The Morgan fingerprint density at radius 2 is 1.95 bits per heavy atom. The second-order valence-corrected chi connectivity index (χ2v) is 3.82. The highest BCUT2D eigenvalue weighted by Gasteiger charge is 2.20. The number of carbonyl (C=O) groups is 1. The summed E-state index contributed by atoms with van der Waals surface area (Å²) >= 11 is 0. The lowest BCUT2D eigenvalue weighted by Gasteiger charge is -2.07. The monoisotopic (exact) mass is 273 g/mol. The summed E-state index contributed by atoms with van der Waals surface area (Å²) in [6.45, 7) is 0. The molecule has 2 aromatic rings. The third-order valence-corrected chi connectivity index (χ3v) is 2.54. The Morgan fingerprint density at radius 3 is 2.55 bits per heavy atom. The number of benzene rings is 1. The van der Waals surface area contributed by atoms with Gasteiger partial charge in [0.1, 0.15) is 11.9 Å². The number of nitro benzene ring substituents is 1. The maximum atomic E-state index is 12.1. The van der Waals surface area contributed by atoms with Gasteiger partial charge in [-0.25, -0.2) is 9.97 Å². The Bertz CT molecular complexity index is 645. The molecular formula is C12H11N5O3. The smallest absolute Gasteiger partial charge is 0.282 e. The Hall–Kier alpha value is -3.03. The molecule has 0 aliphatic heterocycles. The van der Waals surface area contributed by atoms with Gasteiger partial charge in [0.25, 0.3) is 11.6 Å². The van der Waals surface area contributed by atoms with E-state index in [0.717, 1.165) is 0 Å². The lowest BCUT2D eigenvalue weighted by Crippen LogP contribution is -2.14. The Labute approximate surface area is 114 Å². The van der Waals surface area contributed by atoms with Crippen molar-refractivity contribution in [2.45, 2.75) is 0 Å². The van der Waals surface area contributed by atoms with Crippen LogP contribution in [0.1, 0.15) is 10.4 Å². The summed E-state index contributed by atoms with van der Waals surface area (Å²) < 4.78 is 0. The summed E-state index contributed by atoms with van der Waals surface area (Å²) in [4.78, 5) is 30.0. The van der Waals surface area contributed by atoms with E-state index in [1.54, 1.807) is 7.05 Å². The highest BCUT2D eigenvalue weighted by Crippen LogP contribution is 2.23. The number of hydrogen-bond donors (Lipinski definition) is 2. The van der Waals surface area contributed by atoms with Gasteiger partial charge in [0, 0.05) is 18.8 Å². The van der Waals surface area contributed by atoms with E-state index in [9.17, 15) is 14.9 Å². The molecule has 0 spiro atoms. The topological polar surface area (TPSA) is 110 Å². The van der Waals surface area contributed by atoms with Gasteiger partial charge < -0.3 is 10.6 Å². The predicted octanol–water partition coefficient (Wildman–Crippen LogP) is 1.68. The van der Waals surface area contributed by atoms with Crippen molar-refractivity contribution in [3.05, 3.63) is 52.6 Å². The van der Waals surface area contributed by atoms with E-state index in [2.05, 4.69) is 20.6 Å². The standard InChI is InChI=1S/C12H11N5O3/c1-13-8-2-3-11(17(19)20)10(4-8)12(18)16-9-5-14-7-15-6-9/h2-7,13H,1H3,(H,16,18). The summed E-state index contributed by atoms with van der Waals surface area (Å²) in [7, 11) is 1.66. The van der Waals surface area contributed by atoms with Gasteiger partial charge in [0.05, 0.1) is 23.0 Å². The molecule has 1 aromatic carbocycles. The first kappa shape index (κ1) is 13.4. The third-order valence-electron chi connectivity index (χ3n) is 2.54. The van der Waals surface area contributed by atoms with Crippen molar-refractivity contribution in [1.82, 2.24) is 9.97 Å². The number of rotatable bonds is 4. The van der Waals surface area contributed by atoms with E-state index in [1.165, 1.54) is 36.9 Å². The first-order chi connectivity index (χ1) is 9.61. The minimum absolute atomic E-state index is 0.0364. The van der Waals surface area contributed by atoms with Crippen LogP contribution in [0.15, 0.2) is 36.9 Å². The number of nitro groups is 1. The predicted molar refractivity (Wildman–Crippen MR) is 72.6 cm³/mol. The van der Waals surface area contributed by atoms with Crippen molar-refractivity contribution >= 4 is 23.0 Å². The summed E-state index contributed by atoms with van der Waals surface area (Å²) in [6, 6.07) is 4.22. The van der Waals surface area contributed by atoms with Crippen molar-refractivity contribution in [2.75, 3.05) is 17.7 Å². The Kier molecular flexibility index (Phi) is 3.85. The molecule has 0 fully saturated rings. The first-order valence-corrected chi connectivity index (χ1v) is 5.64. The minimum atomic E-state index is -0.601. The van der Waals surface area contributed by atoms with Crippen molar-refractivity contribution in [2.24, 2.45) is 0 Å². The van der Waals surface area contributed by atoms with Crippen molar-refractivity contribution < 1.29 is 9.72 Å². The van der Waals surface area contributed by atoms with Crippen LogP contribution in [0, 0.1) is 10.1 Å². The lowest BCUT2D eigenvalue weighted by atomic mass is 10.1. The minimum Gasteiger partial charge on any atom is -0.388 e. The zero-order chi connectivity index (χ0) is 14.5. The number of aromatic nitrogens is 2. The molecule has 8 heteroatoms. The number of anilines is 2. The number of hydrogen-bond acceptors (Lipinski definition) is 6. The molecule has 0 saturated heterocycles. The van der Waals surface area contributed by atoms with Crippen LogP contribution in [0.2, 0.25) is 0 Å². The molecule has 1 aromatic heterocycles. The van der Waals surface area contributed by atoms with Crippen LogP contribution in [0.25, 0.3) is 0 Å². The summed E-state index contributed by atoms with van der Waals surface area (Å²) in [5.41, 5.74) is 0.663. The number of nitrogens with zero attached hydrogens (tertiary/aromatic N) is 3. The van der Waals surface area contributed by atoms with Gasteiger partial charge in [-0.05, 0) is 12.1 Å². The molecule has 0 saturated carbocycles. The van der Waals surface area contributed by atoms with Gasteiger partial charge in [-0.1, -0.05) is 0 Å². The maximum absolute atomic E-state index is 12.1. The van der Waals surface area contributed by atoms with E-state index < -0.39 is 10.8 Å². The van der Waals surface area contributed by atoms with Gasteiger partial charge in [-0.3, -0.25) is 14.9 Å². The first-order valence-electron chi connectivity index (χ1n) is 5.64. The van der Waals surface area contributed by atoms with Gasteiger partial charge in [0.15, 0.2) is 0 Å². The van der Waals surface area contributed by atoms with Crippen LogP contribution in [0.4, 0.5) is 17.1 Å². The van der Waals surface area contributed by atoms with Crippen molar-refractivity contribution in [1.29, 1.82) is 0 Å². The van der Waals surface area contributed by atoms with Crippen molar-refractivity contribution in [3.63, 3.8) is 0 Å². The molecule has 0 aliphatic rings. The van der Waals surface area contributed by atoms with Gasteiger partial charge in [-0.15, -0.1) is 0 Å². The Morgan fingerprint density at radius 1 is 1.25 bits per heavy atom. The highest BCUT2D eigenvalue weighted by atomic mass is 16.6. The van der Waals surface area contributed by atoms with Crippen molar-refractivity contribution in [3.8, 4) is 0 Å². The largest absolute Gasteiger partial charge is 0.388 e. The molecule has 2 N–H and O–H groups in total. The zero-order valence-corrected chi connectivity index (χ0v) is 10.5. The number of nitrogens with one attached hydrogen (secondary N) is 2. The molecule has 1 amide bonds. The molecule has 0 unspecified atom stereocenters. The fourth-order valence-corrected chi connectivity index (χ4v) is 1.59. The molecule has 0 radical (unpaired) electrons. The average Bonchev–Trinajstić information content (AvgIpc) is 2.47. The zero-order valence-electron chi connectivity index (χ0n) is 10.5. The molecule has 2 rings (SSSR count). The molecule has 8 nitrogen and oxygen atoms in total. The van der Waals surface area contributed by atoms with E-state index in [-0.39, 0.29) is 11.3 Å². The van der Waals surface area contributed by atoms with Crippen LogP contribution in [-0.4, -0.2) is 27.8 Å². The maximum Gasteiger partial charge on any atom is 0.282 e. The highest BCUT2D eigenvalue weighted by molar-refractivity contribution is 6.07. The summed E-state index contributed by atoms with van der Waals surface area (Å²) in [6.07, 6.45) is 4.12. The SMILES string of the molecule is CNc1ccc([N+](=O)[O-])c(C(=O)Nc2cncnc2)c1. The third kappa shape index (κ3) is 2.86. The average molecular weight is 273 g/mol. The number of amides is 1. The van der Waals surface area contributed by atoms with E-state index >= 15 is 0 Å². The molecule has 0 atom stereocenters. The summed E-state index contributed by atoms with van der Waals surface area (Å²) in [5.74, 6) is -0.594. The molecule has 102 valence electrons. The lowest BCUT2D eigenvalue weighted by molar-refractivity contribution is -0.385. The van der Waals surface area contributed by atoms with Crippen LogP contribution in [-0.2, 0) is 0 Å².